The predicted molar refractivity (Wildman–Crippen MR) is 310 cm³/mol. The van der Waals surface area contributed by atoms with E-state index in [-0.39, 0.29) is 14.9 Å². The Labute approximate surface area is 454 Å². The summed E-state index contributed by atoms with van der Waals surface area (Å²) in [6, 6.07) is 61.2. The van der Waals surface area contributed by atoms with E-state index >= 15 is 0 Å². The molecule has 0 aliphatic heterocycles. The number of nitrogen functional groups attached to an aromatic ring is 2. The lowest BCUT2D eigenvalue weighted by Crippen LogP contribution is -2.29. The standard InChI is InChI=1S/C18H15BNO2.C12H7ClN2S.C6H7BO2.C6H2Cl2N2S.C6H8N2.2CH4.Cl2OS/c21-19-22-18-13-11-17(12-14-18)20(15-7-3-1-4-8-15)16-9-5-2-6-10-16;13-10-7-6-9(8-4-2-1-3-5-8)11-12(10)15-16-14-11;8-7(9)6-4-2-1-3-5-6;7-3-1-2-4(8)6-5(3)9-11-10-6;7-5-3-1-2-4-6(5)8;;;1-4(2)3/h1-14,21H;1-7H;1-5,8-9H;1-2H;1-4H,7-8H2;2*1H4;. The van der Waals surface area contributed by atoms with Crippen LogP contribution in [0.5, 0.6) is 5.75 Å². The number of benzene rings is 8. The van der Waals surface area contributed by atoms with Gasteiger partial charge in [0.25, 0.3) is 0 Å². The van der Waals surface area contributed by atoms with Crippen molar-refractivity contribution in [2.45, 2.75) is 14.9 Å². The Balaban J connectivity index is 0.000000242. The number of rotatable bonds is 7. The largest absolute Gasteiger partial charge is 0.569 e. The van der Waals surface area contributed by atoms with E-state index < -0.39 is 16.3 Å². The normalized spacial score (nSPS) is 9.74. The van der Waals surface area contributed by atoms with E-state index in [1.165, 1.54) is 11.7 Å². The number of hydrogen-bond acceptors (Lipinski definition) is 14. The van der Waals surface area contributed by atoms with Gasteiger partial charge in [0, 0.05) is 44.0 Å². The summed E-state index contributed by atoms with van der Waals surface area (Å²) in [6.45, 7) is 0. The van der Waals surface area contributed by atoms with Crippen molar-refractivity contribution in [3.63, 3.8) is 0 Å². The van der Waals surface area contributed by atoms with Gasteiger partial charge in [-0.15, -0.1) is 0 Å². The minimum Gasteiger partial charge on any atom is -0.537 e. The molecule has 1 radical (unpaired) electrons. The Morgan fingerprint density at radius 3 is 1.25 bits per heavy atom. The number of nitrogens with zero attached hydrogens (tertiary/aromatic N) is 5. The van der Waals surface area contributed by atoms with Crippen LogP contribution in [0.15, 0.2) is 194 Å². The summed E-state index contributed by atoms with van der Waals surface area (Å²) in [7, 11) is 6.70. The van der Waals surface area contributed by atoms with Gasteiger partial charge in [-0.3, -0.25) is 0 Å². The first kappa shape index (κ1) is 60.5. The summed E-state index contributed by atoms with van der Waals surface area (Å²) < 4.78 is 30.5. The molecule has 0 spiro atoms. The number of halogens is 5. The maximum Gasteiger partial charge on any atom is 0.569 e. The van der Waals surface area contributed by atoms with Crippen molar-refractivity contribution >= 4 is 160 Å². The zero-order valence-corrected chi connectivity index (χ0v) is 42.5. The van der Waals surface area contributed by atoms with E-state index in [2.05, 4.69) is 80.2 Å². The van der Waals surface area contributed by atoms with Gasteiger partial charge in [0.1, 0.15) is 27.8 Å². The molecule has 10 aromatic rings. The molecular formula is C50H47B2Cl5N7O5S3. The van der Waals surface area contributed by atoms with Gasteiger partial charge in [-0.25, -0.2) is 4.21 Å². The number of para-hydroxylation sites is 4. The molecule has 0 aliphatic carbocycles. The number of hydrogen-bond donors (Lipinski definition) is 5. The zero-order chi connectivity index (χ0) is 50.3. The monoisotopic (exact) mass is 1120 g/mol. The Kier molecular flexibility index (Phi) is 27.2. The van der Waals surface area contributed by atoms with Crippen molar-refractivity contribution in [1.29, 1.82) is 0 Å². The number of nitrogens with two attached hydrogens (primary N) is 2. The molecular weight excluding hydrogens is 1070 g/mol. The van der Waals surface area contributed by atoms with Gasteiger partial charge in [-0.1, -0.05) is 165 Å². The predicted octanol–water partition coefficient (Wildman–Crippen LogP) is 13.6. The van der Waals surface area contributed by atoms with Crippen molar-refractivity contribution < 1.29 is 23.9 Å². The van der Waals surface area contributed by atoms with E-state index in [9.17, 15) is 0 Å². The molecule has 22 heteroatoms. The average molecular weight is 1120 g/mol. The van der Waals surface area contributed by atoms with Crippen molar-refractivity contribution in [1.82, 2.24) is 17.5 Å². The van der Waals surface area contributed by atoms with Crippen LogP contribution in [0.3, 0.4) is 0 Å². The fourth-order valence-electron chi connectivity index (χ4n) is 5.97. The molecule has 0 aliphatic rings. The summed E-state index contributed by atoms with van der Waals surface area (Å²) in [5.41, 5.74) is 21.0. The van der Waals surface area contributed by atoms with Crippen molar-refractivity contribution in [3.8, 4) is 16.9 Å². The second-order valence-corrected chi connectivity index (χ2v) is 18.5. The second kappa shape index (κ2) is 32.3. The molecule has 2 heterocycles. The third kappa shape index (κ3) is 19.0. The van der Waals surface area contributed by atoms with Crippen LogP contribution in [0, 0.1) is 0 Å². The highest BCUT2D eigenvalue weighted by Crippen LogP contribution is 2.35. The van der Waals surface area contributed by atoms with Gasteiger partial charge in [0.05, 0.1) is 49.9 Å². The molecule has 0 saturated heterocycles. The Morgan fingerprint density at radius 1 is 0.514 bits per heavy atom. The van der Waals surface area contributed by atoms with E-state index in [1.54, 1.807) is 48.5 Å². The van der Waals surface area contributed by atoms with E-state index in [4.69, 9.17) is 70.2 Å². The quantitative estimate of drug-likeness (QED) is 0.0577. The third-order valence-electron chi connectivity index (χ3n) is 9.17. The van der Waals surface area contributed by atoms with Gasteiger partial charge in [0.2, 0.25) is 9.23 Å². The Morgan fingerprint density at radius 2 is 0.861 bits per heavy atom. The lowest BCUT2D eigenvalue weighted by molar-refractivity contribution is 0.425. The van der Waals surface area contributed by atoms with Crippen LogP contribution < -0.4 is 26.5 Å². The Bertz CT molecular complexity index is 3030. The first-order valence-corrected chi connectivity index (χ1v) is 25.7. The Hall–Kier alpha value is -5.79. The maximum atomic E-state index is 9.09. The molecule has 7 N–H and O–H groups in total. The third-order valence-corrected chi connectivity index (χ3v) is 11.1. The second-order valence-electron chi connectivity index (χ2n) is 13.7. The van der Waals surface area contributed by atoms with Crippen molar-refractivity contribution in [2.24, 2.45) is 0 Å². The molecule has 12 nitrogen and oxygen atoms in total. The SMILES string of the molecule is C.C.Clc1ccc(-c2ccccc2)c2nsnc12.Clc1ccc(Cl)c2nsnc12.Nc1ccccc1N.O=S(Cl)Cl.OB(O)c1ccccc1.O[B]Oc1ccc(N(c2ccccc2)c2ccccc2)cc1. The molecule has 8 aromatic carbocycles. The molecule has 0 bridgehead atoms. The lowest BCUT2D eigenvalue weighted by atomic mass is 9.81. The fourth-order valence-corrected chi connectivity index (χ4v) is 7.85. The minimum absolute atomic E-state index is 0. The smallest absolute Gasteiger partial charge is 0.537 e. The summed E-state index contributed by atoms with van der Waals surface area (Å²) in [4.78, 5) is 2.16. The molecule has 371 valence electrons. The minimum atomic E-state index is -1.67. The maximum absolute atomic E-state index is 9.09. The summed E-state index contributed by atoms with van der Waals surface area (Å²) in [5, 5.41) is 27.7. The van der Waals surface area contributed by atoms with Crippen LogP contribution >= 0.6 is 79.6 Å². The van der Waals surface area contributed by atoms with Gasteiger partial charge in [-0.05, 0) is 89.9 Å². The molecule has 0 fully saturated rings. The molecule has 0 amide bonds. The molecule has 10 rings (SSSR count). The fraction of sp³-hybridized carbons (Fsp3) is 0.0400. The zero-order valence-electron chi connectivity index (χ0n) is 36.3. The van der Waals surface area contributed by atoms with Crippen LogP contribution in [0.25, 0.3) is 33.2 Å². The number of anilines is 5. The van der Waals surface area contributed by atoms with Gasteiger partial charge < -0.3 is 36.1 Å². The van der Waals surface area contributed by atoms with Crippen LogP contribution in [0.1, 0.15) is 14.9 Å². The first-order valence-electron chi connectivity index (χ1n) is 20.3. The molecule has 72 heavy (non-hydrogen) atoms. The van der Waals surface area contributed by atoms with E-state index in [0.717, 1.165) is 51.0 Å². The highest BCUT2D eigenvalue weighted by molar-refractivity contribution is 8.26. The summed E-state index contributed by atoms with van der Waals surface area (Å²) in [6.07, 6.45) is 0. The van der Waals surface area contributed by atoms with Crippen molar-refractivity contribution in [2.75, 3.05) is 16.4 Å². The van der Waals surface area contributed by atoms with E-state index in [0.29, 0.717) is 56.4 Å². The highest BCUT2D eigenvalue weighted by Gasteiger charge is 2.13. The van der Waals surface area contributed by atoms with Gasteiger partial charge >= 0.3 is 14.8 Å². The summed E-state index contributed by atoms with van der Waals surface area (Å²) in [5.74, 6) is 0.590. The average Bonchev–Trinajstić information content (AvgIpc) is 4.10. The topological polar surface area (TPSA) is 194 Å². The van der Waals surface area contributed by atoms with Gasteiger partial charge in [0.15, 0.2) is 0 Å². The number of fused-ring (bicyclic) bond motifs is 2. The van der Waals surface area contributed by atoms with Crippen LogP contribution in [0.2, 0.25) is 15.1 Å². The molecule has 0 unspecified atom stereocenters. The van der Waals surface area contributed by atoms with Crippen LogP contribution in [-0.4, -0.2) is 51.6 Å². The first-order chi connectivity index (χ1) is 33.9. The number of aromatic nitrogens is 4. The summed E-state index contributed by atoms with van der Waals surface area (Å²) >= 11 is 20.0. The highest BCUT2D eigenvalue weighted by atomic mass is 36.0. The van der Waals surface area contributed by atoms with Crippen molar-refractivity contribution in [3.05, 3.63) is 209 Å². The van der Waals surface area contributed by atoms with Gasteiger partial charge in [-0.2, -0.15) is 17.5 Å². The molecule has 2 aromatic heterocycles. The molecule has 0 saturated carbocycles. The van der Waals surface area contributed by atoms with Crippen LogP contribution in [-0.2, 0) is 9.23 Å². The lowest BCUT2D eigenvalue weighted by Gasteiger charge is -2.25. The van der Waals surface area contributed by atoms with E-state index in [1.807, 2.05) is 109 Å². The molecule has 0 atom stereocenters. The van der Waals surface area contributed by atoms with Crippen LogP contribution in [0.4, 0.5) is 28.4 Å².